The lowest BCUT2D eigenvalue weighted by molar-refractivity contribution is 0.330. The summed E-state index contributed by atoms with van der Waals surface area (Å²) in [6, 6.07) is 10.1. The van der Waals surface area contributed by atoms with E-state index in [4.69, 9.17) is 5.73 Å². The molecule has 0 amide bonds. The van der Waals surface area contributed by atoms with Crippen LogP contribution in [0.1, 0.15) is 11.1 Å². The van der Waals surface area contributed by atoms with Crippen molar-refractivity contribution in [2.75, 3.05) is 19.3 Å². The van der Waals surface area contributed by atoms with Gasteiger partial charge in [-0.1, -0.05) is 12.1 Å². The number of pyridine rings is 1. The van der Waals surface area contributed by atoms with E-state index in [9.17, 15) is 0 Å². The Morgan fingerprint density at radius 2 is 1.95 bits per heavy atom. The van der Waals surface area contributed by atoms with Crippen molar-refractivity contribution in [3.05, 3.63) is 58.3 Å². The zero-order chi connectivity index (χ0) is 13.7. The van der Waals surface area contributed by atoms with Crippen LogP contribution in [0.25, 0.3) is 0 Å². The molecule has 3 nitrogen and oxygen atoms in total. The average molecular weight is 320 g/mol. The number of nitrogens with two attached hydrogens (primary N) is 1. The van der Waals surface area contributed by atoms with Crippen molar-refractivity contribution >= 4 is 21.6 Å². The Bertz CT molecular complexity index is 528. The third-order valence-electron chi connectivity index (χ3n) is 3.08. The number of likely N-dealkylation sites (N-methyl/N-ethyl adjacent to an activating group) is 1. The molecule has 0 saturated heterocycles. The topological polar surface area (TPSA) is 42.2 Å². The second-order valence-corrected chi connectivity index (χ2v) is 5.46. The predicted octanol–water partition coefficient (Wildman–Crippen LogP) is 3.10. The molecule has 0 aliphatic rings. The number of hydrogen-bond acceptors (Lipinski definition) is 3. The zero-order valence-electron chi connectivity index (χ0n) is 11.0. The van der Waals surface area contributed by atoms with Gasteiger partial charge in [0.15, 0.2) is 0 Å². The monoisotopic (exact) mass is 319 g/mol. The second-order valence-electron chi connectivity index (χ2n) is 4.66. The number of rotatable bonds is 5. The molecule has 0 aliphatic heterocycles. The van der Waals surface area contributed by atoms with Crippen molar-refractivity contribution in [2.24, 2.45) is 0 Å². The minimum atomic E-state index is 0.792. The number of anilines is 1. The van der Waals surface area contributed by atoms with Gasteiger partial charge in [0.05, 0.1) is 0 Å². The Balaban J connectivity index is 1.91. The van der Waals surface area contributed by atoms with Crippen molar-refractivity contribution in [2.45, 2.75) is 13.0 Å². The van der Waals surface area contributed by atoms with Gasteiger partial charge in [0.25, 0.3) is 0 Å². The summed E-state index contributed by atoms with van der Waals surface area (Å²) >= 11 is 3.54. The Morgan fingerprint density at radius 1 is 1.21 bits per heavy atom. The number of nitrogens with zero attached hydrogens (tertiary/aromatic N) is 2. The van der Waals surface area contributed by atoms with E-state index in [0.717, 1.165) is 29.7 Å². The lowest BCUT2D eigenvalue weighted by Gasteiger charge is -2.18. The van der Waals surface area contributed by atoms with Gasteiger partial charge < -0.3 is 10.6 Å². The Kier molecular flexibility index (Phi) is 4.93. The van der Waals surface area contributed by atoms with Gasteiger partial charge in [0, 0.05) is 35.6 Å². The summed E-state index contributed by atoms with van der Waals surface area (Å²) < 4.78 is 1.01. The molecular weight excluding hydrogens is 302 g/mol. The van der Waals surface area contributed by atoms with Gasteiger partial charge in [0.1, 0.15) is 0 Å². The van der Waals surface area contributed by atoms with Crippen LogP contribution in [0.2, 0.25) is 0 Å². The fourth-order valence-corrected chi connectivity index (χ4v) is 2.35. The van der Waals surface area contributed by atoms with Crippen LogP contribution in [0.5, 0.6) is 0 Å². The highest BCUT2D eigenvalue weighted by Gasteiger charge is 2.06. The van der Waals surface area contributed by atoms with Gasteiger partial charge >= 0.3 is 0 Å². The SMILES string of the molecule is CN(CCc1ccncc1)Cc1cccc(N)c1Br. The number of aromatic nitrogens is 1. The van der Waals surface area contributed by atoms with Gasteiger partial charge in [-0.05, 0) is 58.7 Å². The van der Waals surface area contributed by atoms with Gasteiger partial charge in [-0.3, -0.25) is 4.98 Å². The summed E-state index contributed by atoms with van der Waals surface area (Å²) in [5.74, 6) is 0. The number of hydrogen-bond donors (Lipinski definition) is 1. The smallest absolute Gasteiger partial charge is 0.0461 e. The molecule has 0 atom stereocenters. The van der Waals surface area contributed by atoms with E-state index < -0.39 is 0 Å². The molecule has 1 heterocycles. The molecule has 0 unspecified atom stereocenters. The van der Waals surface area contributed by atoms with Crippen LogP contribution in [-0.4, -0.2) is 23.5 Å². The van der Waals surface area contributed by atoms with Gasteiger partial charge in [0.2, 0.25) is 0 Å². The molecule has 0 saturated carbocycles. The molecule has 0 bridgehead atoms. The molecule has 0 radical (unpaired) electrons. The first-order valence-electron chi connectivity index (χ1n) is 6.27. The summed E-state index contributed by atoms with van der Waals surface area (Å²) in [7, 11) is 2.12. The summed E-state index contributed by atoms with van der Waals surface area (Å²) in [4.78, 5) is 6.32. The van der Waals surface area contributed by atoms with Crippen LogP contribution in [-0.2, 0) is 13.0 Å². The maximum absolute atomic E-state index is 5.89. The first-order chi connectivity index (χ1) is 9.16. The number of halogens is 1. The molecule has 0 fully saturated rings. The molecule has 100 valence electrons. The fourth-order valence-electron chi connectivity index (χ4n) is 1.96. The average Bonchev–Trinajstić information content (AvgIpc) is 2.43. The number of benzene rings is 1. The molecule has 1 aromatic carbocycles. The lowest BCUT2D eigenvalue weighted by atomic mass is 10.1. The molecule has 1 aromatic heterocycles. The molecule has 2 aromatic rings. The second kappa shape index (κ2) is 6.68. The van der Waals surface area contributed by atoms with Crippen molar-refractivity contribution in [1.82, 2.24) is 9.88 Å². The minimum absolute atomic E-state index is 0.792. The van der Waals surface area contributed by atoms with E-state index in [-0.39, 0.29) is 0 Å². The molecule has 2 rings (SSSR count). The van der Waals surface area contributed by atoms with Crippen LogP contribution < -0.4 is 5.73 Å². The van der Waals surface area contributed by atoms with Crippen LogP contribution in [0.4, 0.5) is 5.69 Å². The quantitative estimate of drug-likeness (QED) is 0.861. The van der Waals surface area contributed by atoms with Crippen molar-refractivity contribution in [1.29, 1.82) is 0 Å². The van der Waals surface area contributed by atoms with Crippen molar-refractivity contribution in [3.63, 3.8) is 0 Å². The van der Waals surface area contributed by atoms with Crippen LogP contribution in [0, 0.1) is 0 Å². The van der Waals surface area contributed by atoms with Gasteiger partial charge in [-0.15, -0.1) is 0 Å². The standard InChI is InChI=1S/C15H18BrN3/c1-19(10-7-12-5-8-18-9-6-12)11-13-3-2-4-14(17)15(13)16/h2-6,8-9H,7,10-11,17H2,1H3. The summed E-state index contributed by atoms with van der Waals surface area (Å²) in [6.07, 6.45) is 4.70. The van der Waals surface area contributed by atoms with Gasteiger partial charge in [-0.2, -0.15) is 0 Å². The largest absolute Gasteiger partial charge is 0.398 e. The first-order valence-corrected chi connectivity index (χ1v) is 7.06. The Hall–Kier alpha value is -1.39. The van der Waals surface area contributed by atoms with E-state index in [2.05, 4.69) is 51.1 Å². The zero-order valence-corrected chi connectivity index (χ0v) is 12.6. The highest BCUT2D eigenvalue weighted by Crippen LogP contribution is 2.24. The van der Waals surface area contributed by atoms with Crippen molar-refractivity contribution < 1.29 is 0 Å². The van der Waals surface area contributed by atoms with E-state index in [1.54, 1.807) is 0 Å². The summed E-state index contributed by atoms with van der Waals surface area (Å²) in [5, 5.41) is 0. The lowest BCUT2D eigenvalue weighted by Crippen LogP contribution is -2.21. The normalized spacial score (nSPS) is 10.9. The molecule has 4 heteroatoms. The Morgan fingerprint density at radius 3 is 2.68 bits per heavy atom. The third kappa shape index (κ3) is 4.04. The Labute approximate surface area is 122 Å². The maximum Gasteiger partial charge on any atom is 0.0461 e. The molecule has 19 heavy (non-hydrogen) atoms. The maximum atomic E-state index is 5.89. The van der Waals surface area contributed by atoms with Gasteiger partial charge in [-0.25, -0.2) is 0 Å². The van der Waals surface area contributed by atoms with E-state index in [1.165, 1.54) is 11.1 Å². The highest BCUT2D eigenvalue weighted by molar-refractivity contribution is 9.10. The third-order valence-corrected chi connectivity index (χ3v) is 4.05. The van der Waals surface area contributed by atoms with Crippen LogP contribution in [0.15, 0.2) is 47.2 Å². The summed E-state index contributed by atoms with van der Waals surface area (Å²) in [6.45, 7) is 1.89. The van der Waals surface area contributed by atoms with Crippen LogP contribution in [0.3, 0.4) is 0 Å². The molecule has 2 N–H and O–H groups in total. The first kappa shape index (κ1) is 14.0. The van der Waals surface area contributed by atoms with Crippen LogP contribution >= 0.6 is 15.9 Å². The molecule has 0 spiro atoms. The van der Waals surface area contributed by atoms with E-state index >= 15 is 0 Å². The minimum Gasteiger partial charge on any atom is -0.398 e. The van der Waals surface area contributed by atoms with Crippen molar-refractivity contribution in [3.8, 4) is 0 Å². The fraction of sp³-hybridized carbons (Fsp3) is 0.267. The number of nitrogen functional groups attached to an aromatic ring is 1. The van der Waals surface area contributed by atoms with E-state index in [1.807, 2.05) is 24.5 Å². The highest BCUT2D eigenvalue weighted by atomic mass is 79.9. The van der Waals surface area contributed by atoms with E-state index in [0.29, 0.717) is 0 Å². The molecule has 0 aliphatic carbocycles. The predicted molar refractivity (Wildman–Crippen MR) is 82.8 cm³/mol. The molecular formula is C15H18BrN3. The summed E-state index contributed by atoms with van der Waals surface area (Å²) in [5.41, 5.74) is 9.21.